The number of rotatable bonds is 6. The van der Waals surface area contributed by atoms with Crippen molar-refractivity contribution in [1.82, 2.24) is 4.31 Å². The predicted octanol–water partition coefficient (Wildman–Crippen LogP) is 1.60. The summed E-state index contributed by atoms with van der Waals surface area (Å²) in [5, 5.41) is 8.58. The first-order chi connectivity index (χ1) is 11.3. The summed E-state index contributed by atoms with van der Waals surface area (Å²) in [4.78, 5) is 10.8. The average molecular weight is 357 g/mol. The van der Waals surface area contributed by atoms with Gasteiger partial charge in [0.25, 0.3) is 0 Å². The quantitative estimate of drug-likeness (QED) is 0.778. The number of carboxylic acids is 1. The van der Waals surface area contributed by atoms with Crippen LogP contribution in [0.2, 0.25) is 0 Å². The highest BCUT2D eigenvalue weighted by molar-refractivity contribution is 7.89. The number of aliphatic carboxylic acids is 1. The maximum Gasteiger partial charge on any atom is 0.329 e. The number of nitrogens with zero attached hydrogens (tertiary/aromatic N) is 1. The van der Waals surface area contributed by atoms with Crippen molar-refractivity contribution in [3.63, 3.8) is 0 Å². The molecule has 0 saturated carbocycles. The van der Waals surface area contributed by atoms with Gasteiger partial charge in [0.1, 0.15) is 12.4 Å². The van der Waals surface area contributed by atoms with E-state index in [0.29, 0.717) is 29.2 Å². The summed E-state index contributed by atoms with van der Waals surface area (Å²) in [7, 11) is -2.10. The predicted molar refractivity (Wildman–Crippen MR) is 88.0 cm³/mol. The molecule has 0 bridgehead atoms. The summed E-state index contributed by atoms with van der Waals surface area (Å²) in [5.74, 6) is -0.351. The molecule has 1 atom stereocenters. The van der Waals surface area contributed by atoms with Gasteiger partial charge in [-0.2, -0.15) is 4.31 Å². The molecule has 134 valence electrons. The average Bonchev–Trinajstić information content (AvgIpc) is 2.60. The van der Waals surface area contributed by atoms with Gasteiger partial charge in [-0.05, 0) is 42.5 Å². The van der Waals surface area contributed by atoms with E-state index in [1.54, 1.807) is 26.2 Å². The van der Waals surface area contributed by atoms with Crippen LogP contribution in [0.1, 0.15) is 30.4 Å². The van der Waals surface area contributed by atoms with Crippen LogP contribution >= 0.6 is 0 Å². The lowest BCUT2D eigenvalue weighted by Gasteiger charge is -2.21. The molecule has 0 aromatic heterocycles. The van der Waals surface area contributed by atoms with Crippen molar-refractivity contribution in [2.45, 2.75) is 31.1 Å². The highest BCUT2D eigenvalue weighted by atomic mass is 32.2. The Balaban J connectivity index is 2.32. The number of benzene rings is 1. The molecule has 0 fully saturated rings. The Bertz CT molecular complexity index is 716. The molecule has 2 rings (SSSR count). The Kier molecular flexibility index (Phi) is 5.84. The van der Waals surface area contributed by atoms with Crippen molar-refractivity contribution in [2.75, 3.05) is 33.4 Å². The van der Waals surface area contributed by atoms with Crippen LogP contribution in [0.25, 0.3) is 0 Å². The van der Waals surface area contributed by atoms with Crippen molar-refractivity contribution in [3.05, 3.63) is 23.3 Å². The molecular formula is C16H23NO6S. The number of sulfonamides is 1. The highest BCUT2D eigenvalue weighted by Gasteiger charge is 2.34. The van der Waals surface area contributed by atoms with Gasteiger partial charge < -0.3 is 14.6 Å². The molecule has 7 nitrogen and oxygen atoms in total. The minimum Gasteiger partial charge on any atom is -0.497 e. The van der Waals surface area contributed by atoms with E-state index in [1.807, 2.05) is 6.92 Å². The van der Waals surface area contributed by atoms with Gasteiger partial charge in [0.15, 0.2) is 0 Å². The zero-order chi connectivity index (χ0) is 17.9. The monoisotopic (exact) mass is 357 g/mol. The number of methoxy groups -OCH3 is 1. The van der Waals surface area contributed by atoms with E-state index >= 15 is 0 Å². The van der Waals surface area contributed by atoms with Crippen LogP contribution in [0, 0.1) is 6.92 Å². The van der Waals surface area contributed by atoms with Gasteiger partial charge in [-0.3, -0.25) is 0 Å². The highest BCUT2D eigenvalue weighted by Crippen LogP contribution is 2.37. The maximum absolute atomic E-state index is 13.0. The minimum atomic E-state index is -3.66. The van der Waals surface area contributed by atoms with Gasteiger partial charge in [0, 0.05) is 13.1 Å². The lowest BCUT2D eigenvalue weighted by Crippen LogP contribution is -2.34. The van der Waals surface area contributed by atoms with E-state index in [-0.39, 0.29) is 19.1 Å². The molecule has 24 heavy (non-hydrogen) atoms. The summed E-state index contributed by atoms with van der Waals surface area (Å²) in [5.41, 5.74) is 1.41. The van der Waals surface area contributed by atoms with E-state index in [9.17, 15) is 13.2 Å². The second-order valence-corrected chi connectivity index (χ2v) is 7.78. The van der Waals surface area contributed by atoms with Crippen LogP contribution < -0.4 is 4.74 Å². The zero-order valence-corrected chi connectivity index (χ0v) is 14.9. The number of carboxylic acid groups (broad SMARTS) is 1. The normalized spacial score (nSPS) is 20.2. The minimum absolute atomic E-state index is 0.0461. The largest absolute Gasteiger partial charge is 0.497 e. The van der Waals surface area contributed by atoms with E-state index in [1.165, 1.54) is 4.31 Å². The Morgan fingerprint density at radius 1 is 1.42 bits per heavy atom. The molecule has 1 N–H and O–H groups in total. The van der Waals surface area contributed by atoms with Crippen LogP contribution in [0.4, 0.5) is 0 Å². The van der Waals surface area contributed by atoms with Crippen molar-refractivity contribution >= 4 is 16.0 Å². The third-order valence-corrected chi connectivity index (χ3v) is 6.28. The zero-order valence-electron chi connectivity index (χ0n) is 14.1. The Labute approximate surface area is 142 Å². The van der Waals surface area contributed by atoms with Gasteiger partial charge in [-0.15, -0.1) is 0 Å². The summed E-state index contributed by atoms with van der Waals surface area (Å²) >= 11 is 0. The van der Waals surface area contributed by atoms with E-state index in [4.69, 9.17) is 14.6 Å². The Morgan fingerprint density at radius 3 is 2.75 bits per heavy atom. The Morgan fingerprint density at radius 2 is 2.12 bits per heavy atom. The molecule has 0 saturated heterocycles. The standard InChI is InChI=1S/C16H23NO6S/c1-11-4-5-17(6-7-23-10-15(18)19)24(20,21)16-12(2)8-13(22-3)9-14(11)16/h8-9,11H,4-7,10H2,1-3H3,(H,18,19). The first-order valence-electron chi connectivity index (χ1n) is 7.75. The fourth-order valence-electron chi connectivity index (χ4n) is 2.90. The van der Waals surface area contributed by atoms with Gasteiger partial charge in [-0.1, -0.05) is 6.92 Å². The first kappa shape index (κ1) is 18.7. The molecule has 1 heterocycles. The summed E-state index contributed by atoms with van der Waals surface area (Å²) in [6, 6.07) is 3.50. The van der Waals surface area contributed by atoms with Gasteiger partial charge in [-0.25, -0.2) is 13.2 Å². The third kappa shape index (κ3) is 3.88. The van der Waals surface area contributed by atoms with Gasteiger partial charge in [0.2, 0.25) is 10.0 Å². The number of hydrogen-bond acceptors (Lipinski definition) is 5. The summed E-state index contributed by atoms with van der Waals surface area (Å²) < 4.78 is 37.7. The second-order valence-electron chi connectivity index (χ2n) is 5.90. The molecule has 0 spiro atoms. The van der Waals surface area contributed by atoms with Crippen molar-refractivity contribution < 1.29 is 27.8 Å². The molecule has 1 aliphatic rings. The number of fused-ring (bicyclic) bond motifs is 1. The molecule has 8 heteroatoms. The molecule has 0 amide bonds. The van der Waals surface area contributed by atoms with Crippen LogP contribution in [-0.2, 0) is 19.6 Å². The number of carbonyl (C=O) groups is 1. The third-order valence-electron chi connectivity index (χ3n) is 4.16. The van der Waals surface area contributed by atoms with Crippen molar-refractivity contribution in [2.24, 2.45) is 0 Å². The lowest BCUT2D eigenvalue weighted by atomic mass is 9.96. The smallest absolute Gasteiger partial charge is 0.329 e. The van der Waals surface area contributed by atoms with Crippen LogP contribution in [0.5, 0.6) is 5.75 Å². The topological polar surface area (TPSA) is 93.1 Å². The molecule has 1 unspecified atom stereocenters. The second kappa shape index (κ2) is 7.50. The van der Waals surface area contributed by atoms with Crippen molar-refractivity contribution in [1.29, 1.82) is 0 Å². The summed E-state index contributed by atoms with van der Waals surface area (Å²) in [6.45, 7) is 3.87. The van der Waals surface area contributed by atoms with E-state index < -0.39 is 22.6 Å². The van der Waals surface area contributed by atoms with Gasteiger partial charge in [0.05, 0.1) is 18.6 Å². The lowest BCUT2D eigenvalue weighted by molar-refractivity contribution is -0.142. The van der Waals surface area contributed by atoms with Crippen LogP contribution in [0.15, 0.2) is 17.0 Å². The molecule has 1 aliphatic heterocycles. The number of aryl methyl sites for hydroxylation is 1. The van der Waals surface area contributed by atoms with Gasteiger partial charge >= 0.3 is 5.97 Å². The maximum atomic E-state index is 13.0. The number of ether oxygens (including phenoxy) is 2. The SMILES string of the molecule is COc1cc(C)c2c(c1)C(C)CCN(CCOCC(=O)O)S2(=O)=O. The molecule has 1 aromatic rings. The van der Waals surface area contributed by atoms with Crippen LogP contribution in [-0.4, -0.2) is 57.2 Å². The number of hydrogen-bond donors (Lipinski definition) is 1. The van der Waals surface area contributed by atoms with Crippen molar-refractivity contribution in [3.8, 4) is 5.75 Å². The molecule has 0 aliphatic carbocycles. The first-order valence-corrected chi connectivity index (χ1v) is 9.19. The molecule has 0 radical (unpaired) electrons. The molecular weight excluding hydrogens is 334 g/mol. The molecule has 1 aromatic carbocycles. The fraction of sp³-hybridized carbons (Fsp3) is 0.562. The summed E-state index contributed by atoms with van der Waals surface area (Å²) in [6.07, 6.45) is 0.678. The Hall–Kier alpha value is -1.64. The van der Waals surface area contributed by atoms with Crippen LogP contribution in [0.3, 0.4) is 0 Å². The fourth-order valence-corrected chi connectivity index (χ4v) is 4.85. The van der Waals surface area contributed by atoms with E-state index in [0.717, 1.165) is 5.56 Å². The van der Waals surface area contributed by atoms with E-state index in [2.05, 4.69) is 0 Å².